The highest BCUT2D eigenvalue weighted by Gasteiger charge is 2.25. The summed E-state index contributed by atoms with van der Waals surface area (Å²) in [5.41, 5.74) is 5.59. The highest BCUT2D eigenvalue weighted by Crippen LogP contribution is 2.39. The van der Waals surface area contributed by atoms with E-state index >= 15 is 0 Å². The van der Waals surface area contributed by atoms with Crippen molar-refractivity contribution in [2.45, 2.75) is 105 Å². The van der Waals surface area contributed by atoms with Gasteiger partial charge in [0.15, 0.2) is 0 Å². The van der Waals surface area contributed by atoms with E-state index in [9.17, 15) is 10.2 Å². The lowest BCUT2D eigenvalue weighted by molar-refractivity contribution is 0.442. The molecule has 35 heavy (non-hydrogen) atoms. The molecule has 3 heteroatoms. The molecule has 0 aliphatic heterocycles. The third kappa shape index (κ3) is 7.40. The van der Waals surface area contributed by atoms with Crippen molar-refractivity contribution in [2.75, 3.05) is 0 Å². The molecule has 2 N–H and O–H groups in total. The predicted molar refractivity (Wildman–Crippen MR) is 150 cm³/mol. The molecular formula is C32H47NO2. The topological polar surface area (TPSA) is 45.4 Å². The second-order valence-corrected chi connectivity index (χ2v) is 13.8. The summed E-state index contributed by atoms with van der Waals surface area (Å²) in [5, 5.41) is 20.4. The van der Waals surface area contributed by atoms with Gasteiger partial charge in [-0.3, -0.25) is 0 Å². The summed E-state index contributed by atoms with van der Waals surface area (Å²) < 4.78 is 1.97. The van der Waals surface area contributed by atoms with E-state index in [2.05, 4.69) is 101 Å². The molecule has 0 aliphatic rings. The summed E-state index contributed by atoms with van der Waals surface area (Å²) in [5.74, 6) is 0.744. The quantitative estimate of drug-likeness (QED) is 0.368. The first-order valence-electron chi connectivity index (χ1n) is 12.6. The Morgan fingerprint density at radius 1 is 0.514 bits per heavy atom. The molecule has 0 unspecified atom stereocenters. The van der Waals surface area contributed by atoms with E-state index in [0.717, 1.165) is 11.3 Å². The fraction of sp³-hybridized carbons (Fsp3) is 0.500. The number of aromatic nitrogens is 1. The molecule has 0 spiro atoms. The van der Waals surface area contributed by atoms with Gasteiger partial charge in [-0.05, 0) is 68.7 Å². The Morgan fingerprint density at radius 2 is 0.914 bits per heavy atom. The molecule has 1 heterocycles. The number of nitrogens with zero attached hydrogens (tertiary/aromatic N) is 1. The molecule has 0 atom stereocenters. The number of phenolic OH excluding ortho intramolecular Hbond substituents is 2. The third-order valence-electron chi connectivity index (χ3n) is 6.30. The Kier molecular flexibility index (Phi) is 7.96. The molecule has 0 amide bonds. The fourth-order valence-electron chi connectivity index (χ4n) is 3.79. The number of hydrogen-bond donors (Lipinski definition) is 2. The normalized spacial score (nSPS) is 12.8. The first kappa shape index (κ1) is 28.6. The van der Waals surface area contributed by atoms with E-state index in [1.54, 1.807) is 0 Å². The Hall–Kier alpha value is -2.68. The summed E-state index contributed by atoms with van der Waals surface area (Å²) in [4.78, 5) is 0. The van der Waals surface area contributed by atoms with Gasteiger partial charge in [0.05, 0.1) is 5.69 Å². The summed E-state index contributed by atoms with van der Waals surface area (Å²) in [6, 6.07) is 14.1. The summed E-state index contributed by atoms with van der Waals surface area (Å²) in [7, 11) is 0. The van der Waals surface area contributed by atoms with Crippen molar-refractivity contribution < 1.29 is 10.2 Å². The number of aromatic hydroxyl groups is 2. The van der Waals surface area contributed by atoms with E-state index in [4.69, 9.17) is 0 Å². The SMILES string of the molecule is CC(C)(C)c1cc(-n2cccc2)c(O)c(C(C)(C)C)c1.CC(C)(C)c1cc(O)cc(C(C)(C)C)c1. The van der Waals surface area contributed by atoms with Crippen LogP contribution in [0.15, 0.2) is 54.9 Å². The zero-order chi connectivity index (χ0) is 27.0. The number of phenols is 2. The maximum atomic E-state index is 10.7. The first-order chi connectivity index (χ1) is 15.7. The van der Waals surface area contributed by atoms with Crippen LogP contribution in [-0.2, 0) is 21.7 Å². The van der Waals surface area contributed by atoms with E-state index in [1.807, 2.05) is 41.2 Å². The molecule has 2 aromatic carbocycles. The van der Waals surface area contributed by atoms with Crippen molar-refractivity contribution in [3.63, 3.8) is 0 Å². The summed E-state index contributed by atoms with van der Waals surface area (Å²) in [6.45, 7) is 26.0. The van der Waals surface area contributed by atoms with Crippen molar-refractivity contribution >= 4 is 0 Å². The van der Waals surface area contributed by atoms with E-state index in [1.165, 1.54) is 16.7 Å². The van der Waals surface area contributed by atoms with Crippen LogP contribution in [0.5, 0.6) is 11.5 Å². The smallest absolute Gasteiger partial charge is 0.143 e. The minimum Gasteiger partial charge on any atom is -0.508 e. The third-order valence-corrected chi connectivity index (χ3v) is 6.30. The van der Waals surface area contributed by atoms with Crippen LogP contribution in [0.25, 0.3) is 5.69 Å². The zero-order valence-corrected chi connectivity index (χ0v) is 24.0. The highest BCUT2D eigenvalue weighted by atomic mass is 16.3. The second kappa shape index (κ2) is 9.76. The van der Waals surface area contributed by atoms with Crippen LogP contribution in [0, 0.1) is 0 Å². The van der Waals surface area contributed by atoms with Crippen LogP contribution >= 0.6 is 0 Å². The minimum atomic E-state index is -0.0900. The molecule has 0 aliphatic carbocycles. The van der Waals surface area contributed by atoms with Gasteiger partial charge in [0, 0.05) is 18.0 Å². The highest BCUT2D eigenvalue weighted by molar-refractivity contribution is 5.57. The van der Waals surface area contributed by atoms with E-state index < -0.39 is 0 Å². The minimum absolute atomic E-state index is 0.0512. The lowest BCUT2D eigenvalue weighted by atomic mass is 9.79. The van der Waals surface area contributed by atoms with Gasteiger partial charge < -0.3 is 14.8 Å². The molecule has 0 saturated carbocycles. The maximum absolute atomic E-state index is 10.7. The predicted octanol–water partition coefficient (Wildman–Crippen LogP) is 8.77. The zero-order valence-electron chi connectivity index (χ0n) is 24.0. The van der Waals surface area contributed by atoms with Crippen molar-refractivity contribution in [2.24, 2.45) is 0 Å². The largest absolute Gasteiger partial charge is 0.508 e. The van der Waals surface area contributed by atoms with Crippen molar-refractivity contribution in [3.05, 3.63) is 77.1 Å². The molecule has 3 aromatic rings. The van der Waals surface area contributed by atoms with Crippen molar-refractivity contribution in [1.29, 1.82) is 0 Å². The van der Waals surface area contributed by atoms with Crippen LogP contribution in [0.2, 0.25) is 0 Å². The van der Waals surface area contributed by atoms with Gasteiger partial charge in [0.25, 0.3) is 0 Å². The summed E-state index contributed by atoms with van der Waals surface area (Å²) in [6.07, 6.45) is 3.93. The molecule has 0 saturated heterocycles. The van der Waals surface area contributed by atoms with Crippen LogP contribution in [-0.4, -0.2) is 14.8 Å². The lowest BCUT2D eigenvalue weighted by Gasteiger charge is -2.27. The Labute approximate surface area is 213 Å². The molecule has 192 valence electrons. The monoisotopic (exact) mass is 477 g/mol. The van der Waals surface area contributed by atoms with Crippen LogP contribution in [0.4, 0.5) is 0 Å². The fourth-order valence-corrected chi connectivity index (χ4v) is 3.79. The molecule has 1 aromatic heterocycles. The first-order valence-corrected chi connectivity index (χ1v) is 12.6. The van der Waals surface area contributed by atoms with Crippen molar-refractivity contribution in [3.8, 4) is 17.2 Å². The van der Waals surface area contributed by atoms with E-state index in [-0.39, 0.29) is 21.7 Å². The average molecular weight is 478 g/mol. The van der Waals surface area contributed by atoms with Crippen molar-refractivity contribution in [1.82, 2.24) is 4.57 Å². The summed E-state index contributed by atoms with van der Waals surface area (Å²) >= 11 is 0. The van der Waals surface area contributed by atoms with Crippen LogP contribution in [0.1, 0.15) is 105 Å². The van der Waals surface area contributed by atoms with Gasteiger partial charge in [-0.15, -0.1) is 0 Å². The van der Waals surface area contributed by atoms with E-state index in [0.29, 0.717) is 11.5 Å². The van der Waals surface area contributed by atoms with Crippen LogP contribution in [0.3, 0.4) is 0 Å². The number of rotatable bonds is 1. The van der Waals surface area contributed by atoms with Gasteiger partial charge >= 0.3 is 0 Å². The Balaban J connectivity index is 0.000000258. The van der Waals surface area contributed by atoms with Gasteiger partial charge in [0.1, 0.15) is 11.5 Å². The average Bonchev–Trinajstić information content (AvgIpc) is 3.19. The maximum Gasteiger partial charge on any atom is 0.143 e. The molecule has 0 bridgehead atoms. The number of benzene rings is 2. The van der Waals surface area contributed by atoms with Crippen LogP contribution < -0.4 is 0 Å². The molecule has 3 rings (SSSR count). The lowest BCUT2D eigenvalue weighted by Crippen LogP contribution is -2.17. The van der Waals surface area contributed by atoms with Gasteiger partial charge in [-0.1, -0.05) is 95.2 Å². The second-order valence-electron chi connectivity index (χ2n) is 13.8. The number of hydrogen-bond acceptors (Lipinski definition) is 2. The molecule has 3 nitrogen and oxygen atoms in total. The Bertz CT molecular complexity index is 1090. The molecule has 0 fully saturated rings. The standard InChI is InChI=1S/C18H25NO.C14H22O/c1-17(2,3)13-11-14(18(4,5)6)16(20)15(12-13)19-9-7-8-10-19;1-13(2,3)10-7-11(14(4,5)6)9-12(15)8-10/h7-12,20H,1-6H3;7-9,15H,1-6H3. The van der Waals surface area contributed by atoms with Gasteiger partial charge in [-0.25, -0.2) is 0 Å². The van der Waals surface area contributed by atoms with Gasteiger partial charge in [-0.2, -0.15) is 0 Å². The van der Waals surface area contributed by atoms with Gasteiger partial charge in [0.2, 0.25) is 0 Å². The Morgan fingerprint density at radius 3 is 1.29 bits per heavy atom. The molecular weight excluding hydrogens is 430 g/mol. The molecule has 0 radical (unpaired) electrons.